The average molecular weight is 483 g/mol. The summed E-state index contributed by atoms with van der Waals surface area (Å²) in [6, 6.07) is 11.1. The van der Waals surface area contributed by atoms with Gasteiger partial charge >= 0.3 is 0 Å². The minimum Gasteiger partial charge on any atom is -0.493 e. The normalized spacial score (nSPS) is 25.4. The maximum atomic E-state index is 6.12. The van der Waals surface area contributed by atoms with E-state index in [1.807, 2.05) is 6.07 Å². The van der Waals surface area contributed by atoms with Crippen LogP contribution in [0.25, 0.3) is 0 Å². The zero-order chi connectivity index (χ0) is 24.4. The van der Waals surface area contributed by atoms with Gasteiger partial charge in [0.2, 0.25) is 0 Å². The van der Waals surface area contributed by atoms with Crippen molar-refractivity contribution in [3.05, 3.63) is 47.2 Å². The lowest BCUT2D eigenvalue weighted by molar-refractivity contribution is 0.0182. The van der Waals surface area contributed by atoms with Crippen LogP contribution in [0.2, 0.25) is 0 Å². The Bertz CT molecular complexity index is 1020. The molecule has 0 aliphatic carbocycles. The highest BCUT2D eigenvalue weighted by molar-refractivity contribution is 5.56. The smallest absolute Gasteiger partial charge is 0.172 e. The summed E-state index contributed by atoms with van der Waals surface area (Å²) < 4.78 is 23.7. The Morgan fingerprint density at radius 1 is 1.09 bits per heavy atom. The van der Waals surface area contributed by atoms with Crippen molar-refractivity contribution >= 4 is 5.82 Å². The molecule has 0 saturated carbocycles. The first-order chi connectivity index (χ1) is 17.0. The van der Waals surface area contributed by atoms with Gasteiger partial charge in [0, 0.05) is 37.8 Å². The maximum absolute atomic E-state index is 6.12. The first-order valence-corrected chi connectivity index (χ1v) is 12.8. The number of para-hydroxylation sites is 1. The fourth-order valence-corrected chi connectivity index (χ4v) is 5.39. The second-order valence-electron chi connectivity index (χ2n) is 9.90. The molecule has 2 aromatic rings. The molecule has 1 aromatic carbocycles. The van der Waals surface area contributed by atoms with Crippen LogP contribution in [0.4, 0.5) is 5.82 Å². The molecule has 8 nitrogen and oxygen atoms in total. The highest BCUT2D eigenvalue weighted by Crippen LogP contribution is 2.39. The van der Waals surface area contributed by atoms with E-state index in [4.69, 9.17) is 23.9 Å². The van der Waals surface area contributed by atoms with Crippen LogP contribution >= 0.6 is 0 Å². The van der Waals surface area contributed by atoms with Crippen molar-refractivity contribution in [3.8, 4) is 11.5 Å². The third-order valence-electron chi connectivity index (χ3n) is 7.12. The predicted octanol–water partition coefficient (Wildman–Crippen LogP) is 3.32. The summed E-state index contributed by atoms with van der Waals surface area (Å²) >= 11 is 0. The van der Waals surface area contributed by atoms with E-state index in [9.17, 15) is 0 Å². The Morgan fingerprint density at radius 2 is 1.94 bits per heavy atom. The van der Waals surface area contributed by atoms with Gasteiger partial charge in [-0.1, -0.05) is 18.2 Å². The zero-order valence-corrected chi connectivity index (χ0v) is 21.3. The molecule has 8 heteroatoms. The number of aromatic nitrogens is 1. The van der Waals surface area contributed by atoms with Crippen molar-refractivity contribution in [2.45, 2.75) is 51.6 Å². The molecular formula is C27H38N4O4. The molecule has 0 radical (unpaired) electrons. The highest BCUT2D eigenvalue weighted by atomic mass is 16.5. The molecule has 0 spiro atoms. The molecule has 2 fully saturated rings. The second kappa shape index (κ2) is 10.7. The number of nitrogens with one attached hydrogen (secondary N) is 1. The summed E-state index contributed by atoms with van der Waals surface area (Å²) in [5, 5.41) is 3.70. The molecule has 3 atom stereocenters. The number of fused-ring (bicyclic) bond motifs is 1. The summed E-state index contributed by atoms with van der Waals surface area (Å²) in [5.41, 5.74) is 3.43. The number of nitrogens with zero attached hydrogens (tertiary/aromatic N) is 3. The molecule has 3 aliphatic rings. The molecule has 35 heavy (non-hydrogen) atoms. The van der Waals surface area contributed by atoms with Gasteiger partial charge in [-0.2, -0.15) is 0 Å². The van der Waals surface area contributed by atoms with E-state index in [-0.39, 0.29) is 24.2 Å². The van der Waals surface area contributed by atoms with Crippen LogP contribution in [-0.4, -0.2) is 75.1 Å². The SMILES string of the molecule is COc1cc2c(nc1N1CCOC[C@@H]1C)COC[C@H]2N1CCN[C@H](c2ccccc2OC(C)C)C1. The Balaban J connectivity index is 1.41. The highest BCUT2D eigenvalue weighted by Gasteiger charge is 2.34. The van der Waals surface area contributed by atoms with Gasteiger partial charge in [-0.3, -0.25) is 4.90 Å². The third-order valence-corrected chi connectivity index (χ3v) is 7.12. The van der Waals surface area contributed by atoms with E-state index in [0.717, 1.165) is 49.2 Å². The molecule has 1 N–H and O–H groups in total. The summed E-state index contributed by atoms with van der Waals surface area (Å²) in [6.07, 6.45) is 0.136. The third kappa shape index (κ3) is 5.11. The zero-order valence-electron chi connectivity index (χ0n) is 21.3. The van der Waals surface area contributed by atoms with E-state index in [0.29, 0.717) is 26.4 Å². The lowest BCUT2D eigenvalue weighted by atomic mass is 9.97. The summed E-state index contributed by atoms with van der Waals surface area (Å²) in [6.45, 7) is 12.4. The van der Waals surface area contributed by atoms with Gasteiger partial charge in [0.05, 0.1) is 57.4 Å². The van der Waals surface area contributed by atoms with Crippen molar-refractivity contribution in [2.75, 3.05) is 58.0 Å². The Kier molecular flexibility index (Phi) is 7.43. The van der Waals surface area contributed by atoms with Gasteiger partial charge in [0.15, 0.2) is 11.6 Å². The van der Waals surface area contributed by atoms with E-state index in [1.54, 1.807) is 7.11 Å². The number of benzene rings is 1. The predicted molar refractivity (Wildman–Crippen MR) is 135 cm³/mol. The molecule has 3 aliphatic heterocycles. The monoisotopic (exact) mass is 482 g/mol. The van der Waals surface area contributed by atoms with E-state index < -0.39 is 0 Å². The van der Waals surface area contributed by atoms with Gasteiger partial charge in [-0.15, -0.1) is 0 Å². The fraction of sp³-hybridized carbons (Fsp3) is 0.593. The lowest BCUT2D eigenvalue weighted by Gasteiger charge is -2.42. The molecule has 5 rings (SSSR count). The lowest BCUT2D eigenvalue weighted by Crippen LogP contribution is -2.49. The number of morpholine rings is 1. The largest absolute Gasteiger partial charge is 0.493 e. The van der Waals surface area contributed by atoms with E-state index in [2.05, 4.69) is 60.2 Å². The Morgan fingerprint density at radius 3 is 2.74 bits per heavy atom. The Labute approximate surface area is 208 Å². The van der Waals surface area contributed by atoms with E-state index in [1.165, 1.54) is 11.1 Å². The number of piperazine rings is 1. The number of hydrogen-bond acceptors (Lipinski definition) is 8. The topological polar surface area (TPSA) is 68.3 Å². The van der Waals surface area contributed by atoms with Crippen LogP contribution < -0.4 is 19.7 Å². The number of methoxy groups -OCH3 is 1. The van der Waals surface area contributed by atoms with Crippen molar-refractivity contribution in [1.82, 2.24) is 15.2 Å². The first kappa shape index (κ1) is 24.3. The van der Waals surface area contributed by atoms with Gasteiger partial charge < -0.3 is 29.2 Å². The number of pyridine rings is 1. The molecular weight excluding hydrogens is 444 g/mol. The molecule has 0 amide bonds. The van der Waals surface area contributed by atoms with Crippen molar-refractivity contribution in [2.24, 2.45) is 0 Å². The van der Waals surface area contributed by atoms with Gasteiger partial charge in [0.25, 0.3) is 0 Å². The van der Waals surface area contributed by atoms with Gasteiger partial charge in [0.1, 0.15) is 5.75 Å². The van der Waals surface area contributed by atoms with Crippen LogP contribution in [0.3, 0.4) is 0 Å². The summed E-state index contributed by atoms with van der Waals surface area (Å²) in [7, 11) is 1.73. The molecule has 190 valence electrons. The minimum absolute atomic E-state index is 0.136. The molecule has 2 saturated heterocycles. The minimum atomic E-state index is 0.136. The van der Waals surface area contributed by atoms with E-state index >= 15 is 0 Å². The van der Waals surface area contributed by atoms with Crippen LogP contribution in [0, 0.1) is 0 Å². The number of rotatable bonds is 6. The molecule has 1 aromatic heterocycles. The summed E-state index contributed by atoms with van der Waals surface area (Å²) in [4.78, 5) is 9.89. The van der Waals surface area contributed by atoms with Crippen LogP contribution in [0.15, 0.2) is 30.3 Å². The van der Waals surface area contributed by atoms with Crippen molar-refractivity contribution < 1.29 is 18.9 Å². The standard InChI is InChI=1S/C27H38N4O4/c1-18(2)35-25-8-6-5-7-20(25)22-14-30(10-9-28-22)24-17-34-16-23-21(24)13-26(32-4)27(29-23)31-11-12-33-15-19(31)3/h5-8,13,18-19,22,24,28H,9-12,14-17H2,1-4H3/t19-,22-,24+/m0/s1. The second-order valence-corrected chi connectivity index (χ2v) is 9.90. The number of ether oxygens (including phenoxy) is 4. The quantitative estimate of drug-likeness (QED) is 0.673. The number of anilines is 1. The average Bonchev–Trinajstić information content (AvgIpc) is 2.88. The van der Waals surface area contributed by atoms with Crippen molar-refractivity contribution in [1.29, 1.82) is 0 Å². The first-order valence-electron chi connectivity index (χ1n) is 12.8. The molecule has 0 bridgehead atoms. The van der Waals surface area contributed by atoms with Gasteiger partial charge in [-0.05, 0) is 38.5 Å². The maximum Gasteiger partial charge on any atom is 0.172 e. The van der Waals surface area contributed by atoms with Crippen LogP contribution in [-0.2, 0) is 16.1 Å². The van der Waals surface area contributed by atoms with Crippen molar-refractivity contribution in [3.63, 3.8) is 0 Å². The van der Waals surface area contributed by atoms with Crippen LogP contribution in [0.1, 0.15) is 49.7 Å². The molecule has 4 heterocycles. The summed E-state index contributed by atoms with van der Waals surface area (Å²) in [5.74, 6) is 2.67. The number of hydrogen-bond donors (Lipinski definition) is 1. The Hall–Kier alpha value is -2.39. The molecule has 0 unspecified atom stereocenters. The fourth-order valence-electron chi connectivity index (χ4n) is 5.39. The van der Waals surface area contributed by atoms with Crippen LogP contribution in [0.5, 0.6) is 11.5 Å². The van der Waals surface area contributed by atoms with Gasteiger partial charge in [-0.25, -0.2) is 4.98 Å².